The fourth-order valence-corrected chi connectivity index (χ4v) is 2.14. The minimum Gasteiger partial charge on any atom is -0.504 e. The molecule has 142 valence electrons. The lowest BCUT2D eigenvalue weighted by atomic mass is 10.2. The number of phenolic OH excluding ortho intramolecular Hbond substituents is 1. The van der Waals surface area contributed by atoms with E-state index < -0.39 is 11.9 Å². The van der Waals surface area contributed by atoms with E-state index in [4.69, 9.17) is 14.2 Å². The zero-order valence-corrected chi connectivity index (χ0v) is 15.1. The number of carbonyl (C=O) groups excluding carboxylic acids is 2. The molecule has 0 spiro atoms. The summed E-state index contributed by atoms with van der Waals surface area (Å²) in [6, 6.07) is 11.9. The average molecular weight is 371 g/mol. The second kappa shape index (κ2) is 9.86. The van der Waals surface area contributed by atoms with Crippen LogP contribution in [0.4, 0.5) is 0 Å². The molecular formula is C20H21NO6. The van der Waals surface area contributed by atoms with Crippen molar-refractivity contribution in [1.82, 2.24) is 5.32 Å². The summed E-state index contributed by atoms with van der Waals surface area (Å²) in [5.41, 5.74) is 1.54. The summed E-state index contributed by atoms with van der Waals surface area (Å²) >= 11 is 0. The van der Waals surface area contributed by atoms with Gasteiger partial charge in [-0.3, -0.25) is 4.79 Å². The van der Waals surface area contributed by atoms with Gasteiger partial charge in [0, 0.05) is 12.6 Å². The maximum atomic E-state index is 11.8. The molecule has 0 heterocycles. The lowest BCUT2D eigenvalue weighted by molar-refractivity contribution is -0.143. The van der Waals surface area contributed by atoms with Crippen LogP contribution in [0, 0.1) is 0 Å². The maximum absolute atomic E-state index is 11.8. The molecule has 7 nitrogen and oxygen atoms in total. The second-order valence-corrected chi connectivity index (χ2v) is 5.50. The topological polar surface area (TPSA) is 94.1 Å². The number of ether oxygens (including phenoxy) is 3. The van der Waals surface area contributed by atoms with E-state index in [0.29, 0.717) is 17.9 Å². The van der Waals surface area contributed by atoms with Crippen LogP contribution in [0.25, 0.3) is 6.08 Å². The highest BCUT2D eigenvalue weighted by atomic mass is 16.5. The fraction of sp³-hybridized carbons (Fsp3) is 0.200. The molecule has 0 aliphatic heterocycles. The number of aromatic hydroxyl groups is 1. The lowest BCUT2D eigenvalue weighted by Gasteiger charge is -2.06. The van der Waals surface area contributed by atoms with Gasteiger partial charge in [-0.25, -0.2) is 4.79 Å². The van der Waals surface area contributed by atoms with Gasteiger partial charge in [-0.15, -0.1) is 0 Å². The van der Waals surface area contributed by atoms with Crippen LogP contribution in [0.1, 0.15) is 11.1 Å². The molecule has 0 aromatic heterocycles. The molecule has 2 aromatic rings. The van der Waals surface area contributed by atoms with Crippen molar-refractivity contribution in [3.05, 3.63) is 59.7 Å². The Balaban J connectivity index is 1.76. The van der Waals surface area contributed by atoms with Crippen molar-refractivity contribution in [1.29, 1.82) is 0 Å². The number of nitrogens with one attached hydrogen (secondary N) is 1. The van der Waals surface area contributed by atoms with Gasteiger partial charge in [0.05, 0.1) is 14.2 Å². The summed E-state index contributed by atoms with van der Waals surface area (Å²) in [7, 11) is 3.01. The largest absolute Gasteiger partial charge is 0.504 e. The molecular weight excluding hydrogens is 350 g/mol. The van der Waals surface area contributed by atoms with Crippen molar-refractivity contribution >= 4 is 18.0 Å². The van der Waals surface area contributed by atoms with Crippen LogP contribution >= 0.6 is 0 Å². The van der Waals surface area contributed by atoms with E-state index in [0.717, 1.165) is 11.3 Å². The highest BCUT2D eigenvalue weighted by molar-refractivity contribution is 5.89. The molecule has 27 heavy (non-hydrogen) atoms. The Labute approximate surface area is 157 Å². The molecule has 2 rings (SSSR count). The zero-order valence-electron chi connectivity index (χ0n) is 15.1. The number of benzene rings is 2. The maximum Gasteiger partial charge on any atom is 0.331 e. The van der Waals surface area contributed by atoms with Crippen molar-refractivity contribution in [2.75, 3.05) is 20.8 Å². The van der Waals surface area contributed by atoms with Crippen LogP contribution in [-0.2, 0) is 20.9 Å². The second-order valence-electron chi connectivity index (χ2n) is 5.50. The van der Waals surface area contributed by atoms with Gasteiger partial charge >= 0.3 is 5.97 Å². The first-order valence-corrected chi connectivity index (χ1v) is 8.13. The van der Waals surface area contributed by atoms with Crippen molar-refractivity contribution < 1.29 is 28.9 Å². The van der Waals surface area contributed by atoms with E-state index in [1.807, 2.05) is 12.1 Å². The molecule has 0 saturated carbocycles. The number of esters is 1. The van der Waals surface area contributed by atoms with Gasteiger partial charge in [0.25, 0.3) is 5.91 Å². The van der Waals surface area contributed by atoms with E-state index >= 15 is 0 Å². The highest BCUT2D eigenvalue weighted by Gasteiger charge is 2.06. The standard InChI is InChI=1S/C20H21NO6/c1-25-16-7-3-15(4-8-16)12-21-19(23)13-27-20(24)10-6-14-5-9-17(22)18(11-14)26-2/h3-11,22H,12-13H2,1-2H3,(H,21,23). The lowest BCUT2D eigenvalue weighted by Crippen LogP contribution is -2.28. The van der Waals surface area contributed by atoms with Gasteiger partial charge in [-0.05, 0) is 41.5 Å². The molecule has 0 atom stereocenters. The average Bonchev–Trinajstić information content (AvgIpc) is 2.70. The van der Waals surface area contributed by atoms with E-state index in [-0.39, 0.29) is 12.4 Å². The summed E-state index contributed by atoms with van der Waals surface area (Å²) in [6.07, 6.45) is 2.70. The predicted octanol–water partition coefficient (Wildman–Crippen LogP) is 2.28. The Morgan fingerprint density at radius 2 is 1.81 bits per heavy atom. The summed E-state index contributed by atoms with van der Waals surface area (Å²) in [6.45, 7) is -0.0538. The number of amides is 1. The number of carbonyl (C=O) groups is 2. The van der Waals surface area contributed by atoms with E-state index in [9.17, 15) is 14.7 Å². The van der Waals surface area contributed by atoms with E-state index in [1.165, 1.54) is 25.3 Å². The first-order valence-electron chi connectivity index (χ1n) is 8.13. The first kappa shape index (κ1) is 19.8. The first-order chi connectivity index (χ1) is 13.0. The summed E-state index contributed by atoms with van der Waals surface area (Å²) in [4.78, 5) is 23.5. The third kappa shape index (κ3) is 6.39. The Hall–Kier alpha value is -3.48. The van der Waals surface area contributed by atoms with Gasteiger partial charge in [-0.2, -0.15) is 0 Å². The third-order valence-electron chi connectivity index (χ3n) is 3.61. The molecule has 0 radical (unpaired) electrons. The van der Waals surface area contributed by atoms with E-state index in [1.54, 1.807) is 31.4 Å². The van der Waals surface area contributed by atoms with Gasteiger partial charge in [0.2, 0.25) is 0 Å². The number of hydrogen-bond acceptors (Lipinski definition) is 6. The molecule has 0 bridgehead atoms. The van der Waals surface area contributed by atoms with Crippen LogP contribution in [-0.4, -0.2) is 37.8 Å². The highest BCUT2D eigenvalue weighted by Crippen LogP contribution is 2.26. The Kier molecular flexibility index (Phi) is 7.25. The number of rotatable bonds is 8. The Bertz CT molecular complexity index is 814. The number of hydrogen-bond donors (Lipinski definition) is 2. The van der Waals surface area contributed by atoms with Gasteiger partial charge < -0.3 is 24.6 Å². The van der Waals surface area contributed by atoms with Crippen LogP contribution < -0.4 is 14.8 Å². The molecule has 0 aliphatic rings. The molecule has 0 fully saturated rings. The summed E-state index contributed by atoms with van der Waals surface area (Å²) in [5, 5.41) is 12.2. The van der Waals surface area contributed by atoms with Crippen LogP contribution in [0.15, 0.2) is 48.5 Å². The predicted molar refractivity (Wildman–Crippen MR) is 99.5 cm³/mol. The normalized spacial score (nSPS) is 10.4. The quantitative estimate of drug-likeness (QED) is 0.546. The molecule has 0 saturated heterocycles. The molecule has 7 heteroatoms. The minimum absolute atomic E-state index is 0.00533. The summed E-state index contributed by atoms with van der Waals surface area (Å²) in [5.74, 6) is -0.0215. The Morgan fingerprint density at radius 1 is 1.07 bits per heavy atom. The fourth-order valence-electron chi connectivity index (χ4n) is 2.14. The number of phenols is 1. The van der Waals surface area contributed by atoms with Gasteiger partial charge in [0.15, 0.2) is 18.1 Å². The minimum atomic E-state index is -0.651. The van der Waals surface area contributed by atoms with Crippen molar-refractivity contribution in [2.45, 2.75) is 6.54 Å². The SMILES string of the molecule is COc1ccc(CNC(=O)COC(=O)C=Cc2ccc(O)c(OC)c2)cc1. The van der Waals surface area contributed by atoms with Gasteiger partial charge in [-0.1, -0.05) is 18.2 Å². The molecule has 2 aromatic carbocycles. The molecule has 0 aliphatic carbocycles. The number of methoxy groups -OCH3 is 2. The zero-order chi connectivity index (χ0) is 19.6. The molecule has 1 amide bonds. The van der Waals surface area contributed by atoms with E-state index in [2.05, 4.69) is 5.32 Å². The van der Waals surface area contributed by atoms with Crippen LogP contribution in [0.2, 0.25) is 0 Å². The van der Waals surface area contributed by atoms with Crippen molar-refractivity contribution in [3.63, 3.8) is 0 Å². The monoisotopic (exact) mass is 371 g/mol. The summed E-state index contributed by atoms with van der Waals surface area (Å²) < 4.78 is 14.9. The van der Waals surface area contributed by atoms with Crippen LogP contribution in [0.3, 0.4) is 0 Å². The molecule has 2 N–H and O–H groups in total. The third-order valence-corrected chi connectivity index (χ3v) is 3.61. The molecule has 0 unspecified atom stereocenters. The van der Waals surface area contributed by atoms with Crippen molar-refractivity contribution in [2.24, 2.45) is 0 Å². The van der Waals surface area contributed by atoms with Crippen molar-refractivity contribution in [3.8, 4) is 17.2 Å². The van der Waals surface area contributed by atoms with Gasteiger partial charge in [0.1, 0.15) is 5.75 Å². The smallest absolute Gasteiger partial charge is 0.331 e. The van der Waals surface area contributed by atoms with Crippen LogP contribution in [0.5, 0.6) is 17.2 Å². The Morgan fingerprint density at radius 3 is 2.48 bits per heavy atom.